The zero-order valence-electron chi connectivity index (χ0n) is 14.0. The first-order valence-corrected chi connectivity index (χ1v) is 10.8. The summed E-state index contributed by atoms with van der Waals surface area (Å²) in [5.41, 5.74) is 1.41. The van der Waals surface area contributed by atoms with Crippen molar-refractivity contribution in [2.45, 2.75) is 0 Å². The molecule has 1 aromatic heterocycles. The van der Waals surface area contributed by atoms with Crippen molar-refractivity contribution in [3.63, 3.8) is 0 Å². The van der Waals surface area contributed by atoms with Gasteiger partial charge in [0.25, 0.3) is 5.91 Å². The van der Waals surface area contributed by atoms with E-state index in [1.165, 1.54) is 16.7 Å². The lowest BCUT2D eigenvalue weighted by Gasteiger charge is -2.14. The number of rotatable bonds is 3. The molecule has 4 rings (SSSR count). The van der Waals surface area contributed by atoms with Gasteiger partial charge >= 0.3 is 0 Å². The van der Waals surface area contributed by atoms with Gasteiger partial charge in [-0.05, 0) is 48.5 Å². The Balaban J connectivity index is 1.62. The van der Waals surface area contributed by atoms with E-state index in [4.69, 9.17) is 39.8 Å². The minimum absolute atomic E-state index is 0.184. The van der Waals surface area contributed by atoms with Crippen molar-refractivity contribution in [2.24, 2.45) is 0 Å². The molecule has 2 heterocycles. The minimum atomic E-state index is -0.184. The van der Waals surface area contributed by atoms with Gasteiger partial charge in [-0.2, -0.15) is 0 Å². The van der Waals surface area contributed by atoms with E-state index in [1.54, 1.807) is 30.3 Å². The Morgan fingerprint density at radius 1 is 1.07 bits per heavy atom. The molecule has 28 heavy (non-hydrogen) atoms. The first-order chi connectivity index (χ1) is 13.4. The molecule has 1 aliphatic heterocycles. The highest BCUT2D eigenvalue weighted by molar-refractivity contribution is 9.10. The van der Waals surface area contributed by atoms with Gasteiger partial charge in [-0.15, -0.1) is 0 Å². The second-order valence-electron chi connectivity index (χ2n) is 5.80. The van der Waals surface area contributed by atoms with Crippen LogP contribution in [0.15, 0.2) is 68.4 Å². The average Bonchev–Trinajstić information content (AvgIpc) is 3.23. The van der Waals surface area contributed by atoms with Crippen LogP contribution < -0.4 is 4.90 Å². The Bertz CT molecular complexity index is 1130. The number of furan rings is 1. The van der Waals surface area contributed by atoms with Crippen LogP contribution in [0, 0.1) is 0 Å². The highest BCUT2D eigenvalue weighted by atomic mass is 79.9. The van der Waals surface area contributed by atoms with Crippen molar-refractivity contribution in [1.29, 1.82) is 0 Å². The van der Waals surface area contributed by atoms with Gasteiger partial charge in [0.1, 0.15) is 11.5 Å². The lowest BCUT2D eigenvalue weighted by molar-refractivity contribution is -0.113. The number of carbonyl (C=O) groups excluding carboxylic acids is 1. The van der Waals surface area contributed by atoms with E-state index >= 15 is 0 Å². The Morgan fingerprint density at radius 3 is 2.57 bits per heavy atom. The molecule has 0 unspecified atom stereocenters. The number of thioether (sulfide) groups is 1. The molecule has 3 aromatic rings. The Morgan fingerprint density at radius 2 is 1.82 bits per heavy atom. The van der Waals surface area contributed by atoms with Crippen LogP contribution in [0.25, 0.3) is 17.4 Å². The maximum absolute atomic E-state index is 12.8. The van der Waals surface area contributed by atoms with Crippen molar-refractivity contribution in [2.75, 3.05) is 4.90 Å². The van der Waals surface area contributed by atoms with Gasteiger partial charge in [0.05, 0.1) is 20.6 Å². The van der Waals surface area contributed by atoms with Crippen molar-refractivity contribution in [3.8, 4) is 11.3 Å². The molecule has 0 saturated carbocycles. The van der Waals surface area contributed by atoms with Crippen LogP contribution in [0.1, 0.15) is 5.76 Å². The minimum Gasteiger partial charge on any atom is -0.457 e. The topological polar surface area (TPSA) is 33.5 Å². The predicted molar refractivity (Wildman–Crippen MR) is 124 cm³/mol. The summed E-state index contributed by atoms with van der Waals surface area (Å²) in [5.74, 6) is 0.917. The lowest BCUT2D eigenvalue weighted by Crippen LogP contribution is -2.27. The second-order valence-corrected chi connectivity index (χ2v) is 9.17. The molecule has 1 aliphatic rings. The van der Waals surface area contributed by atoms with E-state index in [0.29, 0.717) is 36.4 Å². The number of carbonyl (C=O) groups is 1. The smallest absolute Gasteiger partial charge is 0.270 e. The molecule has 0 bridgehead atoms. The number of hydrogen-bond acceptors (Lipinski definition) is 4. The van der Waals surface area contributed by atoms with Crippen LogP contribution >= 0.6 is 63.1 Å². The summed E-state index contributed by atoms with van der Waals surface area (Å²) in [4.78, 5) is 14.8. The van der Waals surface area contributed by atoms with E-state index in [9.17, 15) is 4.79 Å². The van der Waals surface area contributed by atoms with E-state index in [0.717, 1.165) is 10.2 Å². The maximum atomic E-state index is 12.8. The normalized spacial score (nSPS) is 15.7. The third-order valence-corrected chi connectivity index (χ3v) is 6.65. The number of hydrogen-bond donors (Lipinski definition) is 0. The summed E-state index contributed by atoms with van der Waals surface area (Å²) in [5, 5.41) is 0.874. The van der Waals surface area contributed by atoms with Crippen LogP contribution in [0.4, 0.5) is 5.69 Å². The summed E-state index contributed by atoms with van der Waals surface area (Å²) in [6, 6.07) is 16.3. The quantitative estimate of drug-likeness (QED) is 0.271. The summed E-state index contributed by atoms with van der Waals surface area (Å²) >= 11 is 22.3. The van der Waals surface area contributed by atoms with E-state index in [-0.39, 0.29) is 5.91 Å². The zero-order chi connectivity index (χ0) is 19.8. The van der Waals surface area contributed by atoms with Gasteiger partial charge in [0.15, 0.2) is 4.32 Å². The standard InChI is InChI=1S/C20H10BrCl2NO2S2/c21-11-4-6-12(7-5-11)24-19(25)17(28-20(24)27)10-13-8-9-16(26-13)14-2-1-3-15(22)18(14)23/h1-10H/b17-10+. The van der Waals surface area contributed by atoms with E-state index in [2.05, 4.69) is 15.9 Å². The average molecular weight is 511 g/mol. The number of thiocarbonyl (C=S) groups is 1. The molecular formula is C20H10BrCl2NO2S2. The molecule has 1 amide bonds. The number of nitrogens with zero attached hydrogens (tertiary/aromatic N) is 1. The highest BCUT2D eigenvalue weighted by Gasteiger charge is 2.33. The molecule has 0 aliphatic carbocycles. The molecule has 0 radical (unpaired) electrons. The molecule has 0 N–H and O–H groups in total. The molecular weight excluding hydrogens is 501 g/mol. The van der Waals surface area contributed by atoms with Gasteiger partial charge in [-0.3, -0.25) is 9.69 Å². The summed E-state index contributed by atoms with van der Waals surface area (Å²) in [7, 11) is 0. The molecule has 8 heteroatoms. The van der Waals surface area contributed by atoms with E-state index in [1.807, 2.05) is 30.3 Å². The van der Waals surface area contributed by atoms with Crippen LogP contribution in [-0.4, -0.2) is 10.2 Å². The molecule has 140 valence electrons. The maximum Gasteiger partial charge on any atom is 0.270 e. The van der Waals surface area contributed by atoms with Gasteiger partial charge < -0.3 is 4.42 Å². The van der Waals surface area contributed by atoms with Crippen molar-refractivity contribution in [1.82, 2.24) is 0 Å². The number of halogens is 3. The zero-order valence-corrected chi connectivity index (χ0v) is 18.7. The molecule has 1 fully saturated rings. The van der Waals surface area contributed by atoms with Gasteiger partial charge in [0, 0.05) is 16.1 Å². The third kappa shape index (κ3) is 3.80. The first kappa shape index (κ1) is 19.7. The number of benzene rings is 2. The third-order valence-electron chi connectivity index (χ3n) is 4.00. The molecule has 0 atom stereocenters. The van der Waals surface area contributed by atoms with Crippen molar-refractivity contribution >= 4 is 85.1 Å². The fourth-order valence-electron chi connectivity index (χ4n) is 2.68. The van der Waals surface area contributed by atoms with Crippen molar-refractivity contribution in [3.05, 3.63) is 79.8 Å². The monoisotopic (exact) mass is 509 g/mol. The Kier molecular flexibility index (Phi) is 5.67. The fraction of sp³-hybridized carbons (Fsp3) is 0. The largest absolute Gasteiger partial charge is 0.457 e. The van der Waals surface area contributed by atoms with Crippen LogP contribution in [-0.2, 0) is 4.79 Å². The second kappa shape index (κ2) is 8.05. The summed E-state index contributed by atoms with van der Waals surface area (Å²) < 4.78 is 7.26. The van der Waals surface area contributed by atoms with Gasteiger partial charge in [-0.1, -0.05) is 69.2 Å². The lowest BCUT2D eigenvalue weighted by atomic mass is 10.2. The first-order valence-electron chi connectivity index (χ1n) is 8.02. The number of anilines is 1. The summed E-state index contributed by atoms with van der Waals surface area (Å²) in [6.07, 6.45) is 1.68. The van der Waals surface area contributed by atoms with Gasteiger partial charge in [0.2, 0.25) is 0 Å². The van der Waals surface area contributed by atoms with E-state index < -0.39 is 0 Å². The predicted octanol–water partition coefficient (Wildman–Crippen LogP) is 7.42. The Hall–Kier alpha value is -1.57. The SMILES string of the molecule is O=C1/C(=C\c2ccc(-c3cccc(Cl)c3Cl)o2)SC(=S)N1c1ccc(Br)cc1. The van der Waals surface area contributed by atoms with Crippen LogP contribution in [0.2, 0.25) is 10.0 Å². The molecule has 2 aromatic carbocycles. The van der Waals surface area contributed by atoms with Crippen LogP contribution in [0.5, 0.6) is 0 Å². The molecule has 0 spiro atoms. The van der Waals surface area contributed by atoms with Crippen molar-refractivity contribution < 1.29 is 9.21 Å². The molecule has 1 saturated heterocycles. The van der Waals surface area contributed by atoms with Gasteiger partial charge in [-0.25, -0.2) is 0 Å². The number of amides is 1. The highest BCUT2D eigenvalue weighted by Crippen LogP contribution is 2.38. The summed E-state index contributed by atoms with van der Waals surface area (Å²) in [6.45, 7) is 0. The van der Waals surface area contributed by atoms with Crippen LogP contribution in [0.3, 0.4) is 0 Å². The fourth-order valence-corrected chi connectivity index (χ4v) is 4.62. The molecule has 3 nitrogen and oxygen atoms in total. The Labute approximate surface area is 189 Å².